The third kappa shape index (κ3) is 3.59. The van der Waals surface area contributed by atoms with E-state index in [0.717, 1.165) is 16.9 Å². The number of rotatable bonds is 9. The summed E-state index contributed by atoms with van der Waals surface area (Å²) >= 11 is 0. The second-order valence-corrected chi connectivity index (χ2v) is 7.77. The first-order chi connectivity index (χ1) is 14.2. The number of imide groups is 1. The van der Waals surface area contributed by atoms with E-state index < -0.39 is 53.6 Å². The quantitative estimate of drug-likeness (QED) is 0.399. The van der Waals surface area contributed by atoms with Crippen molar-refractivity contribution in [3.8, 4) is 0 Å². The molecule has 2 saturated heterocycles. The average molecular weight is 418 g/mol. The summed E-state index contributed by atoms with van der Waals surface area (Å²) < 4.78 is 5.39. The molecule has 9 heteroatoms. The fraction of sp³-hybridized carbons (Fsp3) is 0.524. The zero-order valence-corrected chi connectivity index (χ0v) is 17.0. The van der Waals surface area contributed by atoms with Gasteiger partial charge in [0.1, 0.15) is 5.54 Å². The van der Waals surface area contributed by atoms with Crippen LogP contribution in [-0.2, 0) is 23.9 Å². The fourth-order valence-corrected chi connectivity index (χ4v) is 4.56. The molecular formula is C21H26N2O7. The normalized spacial score (nSPS) is 28.1. The lowest BCUT2D eigenvalue weighted by molar-refractivity contribution is -0.156. The van der Waals surface area contributed by atoms with E-state index in [-0.39, 0.29) is 13.2 Å². The van der Waals surface area contributed by atoms with Crippen LogP contribution in [0.4, 0.5) is 0 Å². The maximum Gasteiger partial charge on any atom is 0.325 e. The van der Waals surface area contributed by atoms with E-state index in [2.05, 4.69) is 5.32 Å². The molecule has 30 heavy (non-hydrogen) atoms. The molecule has 4 unspecified atom stereocenters. The number of nitrogens with one attached hydrogen (secondary N) is 1. The number of benzene rings is 1. The van der Waals surface area contributed by atoms with Gasteiger partial charge in [-0.25, -0.2) is 0 Å². The number of likely N-dealkylation sites (tertiary alicyclic amines) is 1. The Morgan fingerprint density at radius 2 is 1.87 bits per heavy atom. The van der Waals surface area contributed by atoms with Crippen molar-refractivity contribution in [3.05, 3.63) is 35.4 Å². The number of aliphatic carboxylic acids is 2. The van der Waals surface area contributed by atoms with Crippen LogP contribution in [0, 0.1) is 18.8 Å². The van der Waals surface area contributed by atoms with E-state index in [9.17, 15) is 29.4 Å². The Morgan fingerprint density at radius 1 is 1.17 bits per heavy atom. The summed E-state index contributed by atoms with van der Waals surface area (Å²) in [6.07, 6.45) is -0.0295. The topological polar surface area (TPSA) is 133 Å². The van der Waals surface area contributed by atoms with E-state index in [4.69, 9.17) is 4.74 Å². The van der Waals surface area contributed by atoms with E-state index in [0.29, 0.717) is 12.2 Å². The second-order valence-electron chi connectivity index (χ2n) is 7.77. The average Bonchev–Trinajstić information content (AvgIpc) is 3.14. The third-order valence-corrected chi connectivity index (χ3v) is 5.89. The van der Waals surface area contributed by atoms with Gasteiger partial charge in [-0.2, -0.15) is 0 Å². The van der Waals surface area contributed by atoms with Crippen molar-refractivity contribution in [2.24, 2.45) is 11.8 Å². The van der Waals surface area contributed by atoms with Crippen LogP contribution in [0.2, 0.25) is 0 Å². The number of hydrogen-bond donors (Lipinski definition) is 3. The predicted molar refractivity (Wildman–Crippen MR) is 104 cm³/mol. The van der Waals surface area contributed by atoms with Gasteiger partial charge in [0.25, 0.3) is 0 Å². The highest BCUT2D eigenvalue weighted by atomic mass is 16.5. The Labute approximate surface area is 174 Å². The van der Waals surface area contributed by atoms with Crippen molar-refractivity contribution in [2.75, 3.05) is 19.8 Å². The molecule has 1 aromatic carbocycles. The molecule has 0 spiro atoms. The summed E-state index contributed by atoms with van der Waals surface area (Å²) in [6, 6.07) is 6.36. The van der Waals surface area contributed by atoms with Crippen LogP contribution in [-0.4, -0.2) is 64.2 Å². The number of hydrogen-bond acceptors (Lipinski definition) is 6. The van der Waals surface area contributed by atoms with Crippen LogP contribution in [0.1, 0.15) is 36.9 Å². The SMILES string of the molecule is CCCOCCN1C(=O)C2C(c3ccccc3C)NC(CC(=O)O)(C(=O)O)C2C1=O. The molecule has 2 aliphatic heterocycles. The van der Waals surface area contributed by atoms with Gasteiger partial charge >= 0.3 is 11.9 Å². The molecule has 0 aromatic heterocycles. The van der Waals surface area contributed by atoms with E-state index >= 15 is 0 Å². The minimum absolute atomic E-state index is 0.00787. The summed E-state index contributed by atoms with van der Waals surface area (Å²) in [7, 11) is 0. The van der Waals surface area contributed by atoms with Crippen molar-refractivity contribution in [3.63, 3.8) is 0 Å². The number of aryl methyl sites for hydroxylation is 1. The standard InChI is InChI=1S/C21H26N2O7/c1-3-9-30-10-8-23-18(26)15-16(19(23)27)21(20(28)29,11-14(24)25)22-17(15)13-7-5-4-6-12(13)2/h4-7,15-17,22H,3,8-11H2,1-2H3,(H,24,25)(H,28,29). The van der Waals surface area contributed by atoms with Gasteiger partial charge in [0, 0.05) is 12.6 Å². The first kappa shape index (κ1) is 21.9. The van der Waals surface area contributed by atoms with Crippen molar-refractivity contribution >= 4 is 23.8 Å². The smallest absolute Gasteiger partial charge is 0.325 e. The van der Waals surface area contributed by atoms with Gasteiger partial charge in [-0.1, -0.05) is 31.2 Å². The number of carbonyl (C=O) groups is 4. The van der Waals surface area contributed by atoms with Gasteiger partial charge in [0.2, 0.25) is 11.8 Å². The van der Waals surface area contributed by atoms with Crippen molar-refractivity contribution in [2.45, 2.75) is 38.3 Å². The summed E-state index contributed by atoms with van der Waals surface area (Å²) in [5, 5.41) is 22.3. The second kappa shape index (κ2) is 8.53. The molecule has 4 atom stereocenters. The lowest BCUT2D eigenvalue weighted by Gasteiger charge is -2.30. The number of fused-ring (bicyclic) bond motifs is 1. The lowest BCUT2D eigenvalue weighted by atomic mass is 9.77. The first-order valence-corrected chi connectivity index (χ1v) is 9.96. The van der Waals surface area contributed by atoms with Crippen LogP contribution >= 0.6 is 0 Å². The van der Waals surface area contributed by atoms with Crippen molar-refractivity contribution < 1.29 is 34.1 Å². The Bertz CT molecular complexity index is 871. The van der Waals surface area contributed by atoms with Gasteiger partial charge in [-0.15, -0.1) is 0 Å². The van der Waals surface area contributed by atoms with E-state index in [1.807, 2.05) is 26.0 Å². The highest BCUT2D eigenvalue weighted by Crippen LogP contribution is 2.50. The Hall–Kier alpha value is -2.78. The van der Waals surface area contributed by atoms with Crippen LogP contribution in [0.15, 0.2) is 24.3 Å². The highest BCUT2D eigenvalue weighted by molar-refractivity contribution is 6.10. The van der Waals surface area contributed by atoms with Crippen molar-refractivity contribution in [1.82, 2.24) is 10.2 Å². The minimum Gasteiger partial charge on any atom is -0.481 e. The van der Waals surface area contributed by atoms with E-state index in [1.165, 1.54) is 0 Å². The molecule has 0 saturated carbocycles. The summed E-state index contributed by atoms with van der Waals surface area (Å²) in [5.41, 5.74) is -0.587. The zero-order valence-electron chi connectivity index (χ0n) is 17.0. The number of carboxylic acid groups (broad SMARTS) is 2. The molecule has 2 amide bonds. The zero-order chi connectivity index (χ0) is 22.1. The monoisotopic (exact) mass is 418 g/mol. The number of nitrogens with zero attached hydrogens (tertiary/aromatic N) is 1. The van der Waals surface area contributed by atoms with Gasteiger partial charge in [-0.05, 0) is 24.5 Å². The Morgan fingerprint density at radius 3 is 2.47 bits per heavy atom. The molecule has 2 fully saturated rings. The minimum atomic E-state index is -2.07. The van der Waals surface area contributed by atoms with Crippen molar-refractivity contribution in [1.29, 1.82) is 0 Å². The first-order valence-electron chi connectivity index (χ1n) is 9.96. The summed E-state index contributed by atoms with van der Waals surface area (Å²) in [4.78, 5) is 51.3. The fourth-order valence-electron chi connectivity index (χ4n) is 4.56. The molecule has 1 aromatic rings. The molecule has 162 valence electrons. The van der Waals surface area contributed by atoms with Gasteiger partial charge in [-0.3, -0.25) is 29.4 Å². The largest absolute Gasteiger partial charge is 0.481 e. The maximum atomic E-state index is 13.2. The summed E-state index contributed by atoms with van der Waals surface area (Å²) in [6.45, 7) is 4.39. The molecule has 9 nitrogen and oxygen atoms in total. The van der Waals surface area contributed by atoms with E-state index in [1.54, 1.807) is 12.1 Å². The van der Waals surface area contributed by atoms with Crippen LogP contribution in [0.5, 0.6) is 0 Å². The molecule has 0 aliphatic carbocycles. The molecule has 2 heterocycles. The predicted octanol–water partition coefficient (Wildman–Crippen LogP) is 0.965. The van der Waals surface area contributed by atoms with Crippen LogP contribution in [0.3, 0.4) is 0 Å². The Kier molecular flexibility index (Phi) is 6.23. The molecule has 0 bridgehead atoms. The molecule has 0 radical (unpaired) electrons. The summed E-state index contributed by atoms with van der Waals surface area (Å²) in [5.74, 6) is -6.30. The van der Waals surface area contributed by atoms with Crippen LogP contribution < -0.4 is 5.32 Å². The number of carbonyl (C=O) groups excluding carboxylic acids is 2. The molecule has 3 rings (SSSR count). The third-order valence-electron chi connectivity index (χ3n) is 5.89. The van der Waals surface area contributed by atoms with Gasteiger partial charge in [0.05, 0.1) is 31.4 Å². The molecule has 2 aliphatic rings. The number of ether oxygens (including phenoxy) is 1. The van der Waals surface area contributed by atoms with Gasteiger partial charge < -0.3 is 14.9 Å². The highest BCUT2D eigenvalue weighted by Gasteiger charge is 2.69. The number of carboxylic acids is 2. The molecular weight excluding hydrogens is 392 g/mol. The Balaban J connectivity index is 2.04. The van der Waals surface area contributed by atoms with Crippen LogP contribution in [0.25, 0.3) is 0 Å². The maximum absolute atomic E-state index is 13.2. The molecule has 3 N–H and O–H groups in total. The van der Waals surface area contributed by atoms with Gasteiger partial charge in [0.15, 0.2) is 0 Å². The number of amides is 2. The lowest BCUT2D eigenvalue weighted by Crippen LogP contribution is -2.57.